The van der Waals surface area contributed by atoms with E-state index in [0.717, 1.165) is 16.3 Å². The normalized spacial score (nSPS) is 12.6. The van der Waals surface area contributed by atoms with E-state index in [2.05, 4.69) is 10.2 Å². The second-order valence-electron chi connectivity index (χ2n) is 3.95. The summed E-state index contributed by atoms with van der Waals surface area (Å²) in [5.41, 5.74) is 4.67. The van der Waals surface area contributed by atoms with Crippen LogP contribution in [0.5, 0.6) is 0 Å². The Kier molecular flexibility index (Phi) is 4.54. The van der Waals surface area contributed by atoms with Crippen LogP contribution in [-0.4, -0.2) is 37.5 Å². The van der Waals surface area contributed by atoms with Crippen molar-refractivity contribution in [3.8, 4) is 0 Å². The fourth-order valence-corrected chi connectivity index (χ4v) is 2.22. The molecule has 1 unspecified atom stereocenters. The Morgan fingerprint density at radius 2 is 2.17 bits per heavy atom. The van der Waals surface area contributed by atoms with E-state index in [1.807, 2.05) is 0 Å². The van der Waals surface area contributed by atoms with E-state index in [0.29, 0.717) is 0 Å². The number of nitrogens with two attached hydrogens (primary N) is 1. The van der Waals surface area contributed by atoms with Gasteiger partial charge in [-0.1, -0.05) is 25.6 Å². The fourth-order valence-electron chi connectivity index (χ4n) is 1.52. The van der Waals surface area contributed by atoms with E-state index in [1.54, 1.807) is 13.8 Å². The molecule has 1 atom stereocenters. The molecule has 0 fully saturated rings. The summed E-state index contributed by atoms with van der Waals surface area (Å²) in [5, 5.41) is 14.6. The minimum absolute atomic E-state index is 0.139. The van der Waals surface area contributed by atoms with Crippen molar-refractivity contribution in [2.75, 3.05) is 5.75 Å². The molecule has 0 saturated heterocycles. The number of H-pyrrole nitrogens is 1. The van der Waals surface area contributed by atoms with Gasteiger partial charge in [0.1, 0.15) is 6.04 Å². The summed E-state index contributed by atoms with van der Waals surface area (Å²) in [5.74, 6) is -2.16. The van der Waals surface area contributed by atoms with Gasteiger partial charge in [-0.25, -0.2) is 9.89 Å². The monoisotopic (exact) mass is 274 g/mol. The number of nitrogens with zero attached hydrogens (tertiary/aromatic N) is 2. The molecular formula is C9H14N4O4S. The Bertz CT molecular complexity index is 507. The van der Waals surface area contributed by atoms with Crippen molar-refractivity contribution in [1.82, 2.24) is 14.8 Å². The molecule has 0 saturated carbocycles. The van der Waals surface area contributed by atoms with Crippen LogP contribution in [-0.2, 0) is 9.59 Å². The Labute approximate surface area is 107 Å². The van der Waals surface area contributed by atoms with Crippen LogP contribution < -0.4 is 11.4 Å². The largest absolute Gasteiger partial charge is 0.481 e. The van der Waals surface area contributed by atoms with Gasteiger partial charge in [0.2, 0.25) is 5.91 Å². The van der Waals surface area contributed by atoms with Gasteiger partial charge in [-0.15, -0.1) is 5.10 Å². The van der Waals surface area contributed by atoms with Crippen molar-refractivity contribution in [3.05, 3.63) is 10.5 Å². The molecule has 0 aliphatic heterocycles. The number of carboxylic acids is 1. The predicted octanol–water partition coefficient (Wildman–Crippen LogP) is -0.569. The molecule has 1 amide bonds. The number of aromatic nitrogens is 3. The van der Waals surface area contributed by atoms with Crippen LogP contribution in [0.25, 0.3) is 0 Å². The molecule has 0 aliphatic carbocycles. The molecule has 0 spiro atoms. The molecule has 8 nitrogen and oxygen atoms in total. The minimum Gasteiger partial charge on any atom is -0.481 e. The van der Waals surface area contributed by atoms with Gasteiger partial charge in [0.05, 0.1) is 5.75 Å². The van der Waals surface area contributed by atoms with Gasteiger partial charge in [0.15, 0.2) is 5.16 Å². The van der Waals surface area contributed by atoms with Crippen LogP contribution in [0.15, 0.2) is 9.95 Å². The van der Waals surface area contributed by atoms with Gasteiger partial charge in [0.25, 0.3) is 0 Å². The number of hydrogen-bond donors (Lipinski definition) is 3. The summed E-state index contributed by atoms with van der Waals surface area (Å²) in [6.07, 6.45) is 0. The minimum atomic E-state index is -1.04. The molecule has 9 heteroatoms. The number of aliphatic carboxylic acids is 1. The lowest BCUT2D eigenvalue weighted by Gasteiger charge is -2.18. The first-order valence-corrected chi connectivity index (χ1v) is 6.14. The molecule has 100 valence electrons. The van der Waals surface area contributed by atoms with E-state index >= 15 is 0 Å². The standard InChI is InChI=1S/C9H14N4O4S/c1-4(2)6(7(10)16)13-8(17)11-12-9(13)18-3-5(14)15/h4,6H,3H2,1-2H3,(H2,10,16)(H,11,17)(H,14,15). The smallest absolute Gasteiger partial charge is 0.344 e. The van der Waals surface area contributed by atoms with Gasteiger partial charge >= 0.3 is 11.7 Å². The molecule has 1 aromatic rings. The van der Waals surface area contributed by atoms with Crippen LogP contribution in [0.1, 0.15) is 19.9 Å². The topological polar surface area (TPSA) is 131 Å². The number of primary amides is 1. The third kappa shape index (κ3) is 3.13. The molecule has 4 N–H and O–H groups in total. The maximum absolute atomic E-state index is 11.6. The predicted molar refractivity (Wildman–Crippen MR) is 64.3 cm³/mol. The molecule has 0 bridgehead atoms. The average molecular weight is 274 g/mol. The maximum Gasteiger partial charge on any atom is 0.344 e. The van der Waals surface area contributed by atoms with Crippen LogP contribution in [0.3, 0.4) is 0 Å². The zero-order valence-electron chi connectivity index (χ0n) is 9.91. The van der Waals surface area contributed by atoms with Gasteiger partial charge in [-0.2, -0.15) is 0 Å². The number of rotatable bonds is 6. The van der Waals surface area contributed by atoms with Crippen LogP contribution in [0, 0.1) is 5.92 Å². The molecule has 1 heterocycles. The van der Waals surface area contributed by atoms with Crippen LogP contribution in [0.4, 0.5) is 0 Å². The van der Waals surface area contributed by atoms with Crippen LogP contribution in [0.2, 0.25) is 0 Å². The van der Waals surface area contributed by atoms with Crippen molar-refractivity contribution in [3.63, 3.8) is 0 Å². The highest BCUT2D eigenvalue weighted by Gasteiger charge is 2.27. The number of carbonyl (C=O) groups excluding carboxylic acids is 1. The molecular weight excluding hydrogens is 260 g/mol. The third-order valence-corrected chi connectivity index (χ3v) is 3.14. The lowest BCUT2D eigenvalue weighted by Crippen LogP contribution is -2.36. The van der Waals surface area contributed by atoms with Gasteiger partial charge < -0.3 is 10.8 Å². The van der Waals surface area contributed by atoms with E-state index < -0.39 is 23.6 Å². The number of nitrogens with one attached hydrogen (secondary N) is 1. The maximum atomic E-state index is 11.6. The molecule has 0 aliphatic rings. The number of thioether (sulfide) groups is 1. The first-order valence-electron chi connectivity index (χ1n) is 5.15. The lowest BCUT2D eigenvalue weighted by atomic mass is 10.0. The Morgan fingerprint density at radius 1 is 1.56 bits per heavy atom. The third-order valence-electron chi connectivity index (χ3n) is 2.20. The fraction of sp³-hybridized carbons (Fsp3) is 0.556. The summed E-state index contributed by atoms with van der Waals surface area (Å²) in [7, 11) is 0. The van der Waals surface area contributed by atoms with Gasteiger partial charge in [-0.05, 0) is 5.92 Å². The van der Waals surface area contributed by atoms with E-state index in [9.17, 15) is 14.4 Å². The van der Waals surface area contributed by atoms with Crippen molar-refractivity contribution in [2.24, 2.45) is 11.7 Å². The lowest BCUT2D eigenvalue weighted by molar-refractivity contribution is -0.133. The van der Waals surface area contributed by atoms with Gasteiger partial charge in [0, 0.05) is 0 Å². The zero-order valence-corrected chi connectivity index (χ0v) is 10.7. The molecule has 0 aromatic carbocycles. The first-order chi connectivity index (χ1) is 8.34. The Hall–Kier alpha value is -1.77. The van der Waals surface area contributed by atoms with Crippen molar-refractivity contribution < 1.29 is 14.7 Å². The molecule has 18 heavy (non-hydrogen) atoms. The van der Waals surface area contributed by atoms with Gasteiger partial charge in [-0.3, -0.25) is 14.2 Å². The molecule has 0 radical (unpaired) electrons. The summed E-state index contributed by atoms with van der Waals surface area (Å²) in [6, 6.07) is -0.854. The number of carboxylic acid groups (broad SMARTS) is 1. The van der Waals surface area contributed by atoms with E-state index in [4.69, 9.17) is 10.8 Å². The summed E-state index contributed by atoms with van der Waals surface area (Å²) in [4.78, 5) is 33.5. The first kappa shape index (κ1) is 14.3. The average Bonchev–Trinajstić information content (AvgIpc) is 2.57. The second kappa shape index (κ2) is 5.71. The highest BCUT2D eigenvalue weighted by Crippen LogP contribution is 2.22. The number of carbonyl (C=O) groups is 2. The van der Waals surface area contributed by atoms with Crippen LogP contribution >= 0.6 is 11.8 Å². The van der Waals surface area contributed by atoms with Crippen molar-refractivity contribution in [2.45, 2.75) is 25.0 Å². The summed E-state index contributed by atoms with van der Waals surface area (Å²) >= 11 is 0.852. The summed E-state index contributed by atoms with van der Waals surface area (Å²) in [6.45, 7) is 3.47. The number of amides is 1. The Balaban J connectivity index is 3.13. The summed E-state index contributed by atoms with van der Waals surface area (Å²) < 4.78 is 1.10. The Morgan fingerprint density at radius 3 is 2.61 bits per heavy atom. The van der Waals surface area contributed by atoms with Crippen molar-refractivity contribution in [1.29, 1.82) is 0 Å². The number of hydrogen-bond acceptors (Lipinski definition) is 5. The molecule has 1 rings (SSSR count). The van der Waals surface area contributed by atoms with Crippen molar-refractivity contribution >= 4 is 23.6 Å². The van der Waals surface area contributed by atoms with E-state index in [-0.39, 0.29) is 16.8 Å². The second-order valence-corrected chi connectivity index (χ2v) is 4.90. The quantitative estimate of drug-likeness (QED) is 0.595. The van der Waals surface area contributed by atoms with E-state index in [1.165, 1.54) is 0 Å². The zero-order chi connectivity index (χ0) is 13.9. The SMILES string of the molecule is CC(C)C(C(N)=O)n1c(SCC(=O)O)n[nH]c1=O. The highest BCUT2D eigenvalue weighted by atomic mass is 32.2. The molecule has 1 aromatic heterocycles. The highest BCUT2D eigenvalue weighted by molar-refractivity contribution is 7.99. The number of aromatic amines is 1.